The Morgan fingerprint density at radius 2 is 1.93 bits per heavy atom. The average Bonchev–Trinajstić information content (AvgIpc) is 3.30. The number of para-hydroxylation sites is 1. The monoisotopic (exact) mass is 424 g/mol. The Bertz CT molecular complexity index is 1070. The molecule has 0 spiro atoms. The van der Waals surface area contributed by atoms with Gasteiger partial charge in [-0.1, -0.05) is 53.2 Å². The number of halogens is 1. The fourth-order valence-electron chi connectivity index (χ4n) is 3.53. The van der Waals surface area contributed by atoms with Crippen LogP contribution in [0.1, 0.15) is 12.2 Å². The zero-order chi connectivity index (χ0) is 21.1. The smallest absolute Gasteiger partial charge is 0.319 e. The molecule has 0 saturated carbocycles. The van der Waals surface area contributed by atoms with E-state index in [-0.39, 0.29) is 17.9 Å². The third-order valence-corrected chi connectivity index (χ3v) is 5.38. The van der Waals surface area contributed by atoms with E-state index in [0.717, 1.165) is 5.69 Å². The van der Waals surface area contributed by atoms with Gasteiger partial charge in [-0.25, -0.2) is 4.79 Å². The van der Waals surface area contributed by atoms with Crippen molar-refractivity contribution < 1.29 is 14.1 Å². The van der Waals surface area contributed by atoms with Crippen LogP contribution in [0.4, 0.5) is 16.2 Å². The lowest BCUT2D eigenvalue weighted by atomic mass is 10.1. The van der Waals surface area contributed by atoms with E-state index in [0.29, 0.717) is 47.2 Å². The Morgan fingerprint density at radius 3 is 2.70 bits per heavy atom. The van der Waals surface area contributed by atoms with Gasteiger partial charge in [-0.2, -0.15) is 0 Å². The van der Waals surface area contributed by atoms with Gasteiger partial charge in [0, 0.05) is 36.7 Å². The highest BCUT2D eigenvalue weighted by Crippen LogP contribution is 2.34. The van der Waals surface area contributed by atoms with Gasteiger partial charge in [0.2, 0.25) is 5.91 Å². The topological polar surface area (TPSA) is 87.5 Å². The summed E-state index contributed by atoms with van der Waals surface area (Å²) in [6, 6.07) is 16.4. The highest BCUT2D eigenvalue weighted by atomic mass is 35.5. The number of anilines is 2. The van der Waals surface area contributed by atoms with Crippen LogP contribution < -0.4 is 15.5 Å². The van der Waals surface area contributed by atoms with Gasteiger partial charge in [-0.3, -0.25) is 4.79 Å². The molecule has 1 atom stereocenters. The summed E-state index contributed by atoms with van der Waals surface area (Å²) in [7, 11) is 0. The lowest BCUT2D eigenvalue weighted by Gasteiger charge is -2.17. The first-order valence-electron chi connectivity index (χ1n) is 9.64. The molecule has 0 bridgehead atoms. The molecule has 1 fully saturated rings. The van der Waals surface area contributed by atoms with Crippen molar-refractivity contribution in [2.24, 2.45) is 5.92 Å². The highest BCUT2D eigenvalue weighted by Gasteiger charge is 2.30. The predicted molar refractivity (Wildman–Crippen MR) is 116 cm³/mol. The summed E-state index contributed by atoms with van der Waals surface area (Å²) in [5.41, 5.74) is 2.48. The molecule has 2 heterocycles. The molecule has 1 aromatic heterocycles. The van der Waals surface area contributed by atoms with Gasteiger partial charge in [0.25, 0.3) is 0 Å². The third-order valence-electron chi connectivity index (χ3n) is 5.05. The van der Waals surface area contributed by atoms with E-state index in [2.05, 4.69) is 15.8 Å². The summed E-state index contributed by atoms with van der Waals surface area (Å²) >= 11 is 6.26. The molecule has 8 heteroatoms. The van der Waals surface area contributed by atoms with E-state index in [1.807, 2.05) is 48.5 Å². The molecule has 1 aliphatic rings. The Balaban J connectivity index is 1.38. The highest BCUT2D eigenvalue weighted by molar-refractivity contribution is 6.33. The number of nitrogens with one attached hydrogen (secondary N) is 2. The second-order valence-electron chi connectivity index (χ2n) is 7.19. The van der Waals surface area contributed by atoms with E-state index in [9.17, 15) is 9.59 Å². The number of urea groups is 1. The first-order chi connectivity index (χ1) is 14.5. The molecule has 1 aliphatic heterocycles. The quantitative estimate of drug-likeness (QED) is 0.632. The predicted octanol–water partition coefficient (Wildman–Crippen LogP) is 4.48. The van der Waals surface area contributed by atoms with Crippen LogP contribution in [0.5, 0.6) is 0 Å². The van der Waals surface area contributed by atoms with Crippen molar-refractivity contribution in [3.05, 3.63) is 65.4 Å². The first-order valence-corrected chi connectivity index (χ1v) is 10.0. The summed E-state index contributed by atoms with van der Waals surface area (Å²) in [5.74, 6) is 0.575. The molecular formula is C22H21ClN4O3. The molecule has 7 nitrogen and oxygen atoms in total. The minimum Gasteiger partial charge on any atom is -0.359 e. The summed E-state index contributed by atoms with van der Waals surface area (Å²) < 4.78 is 5.26. The number of aromatic nitrogens is 1. The Labute approximate surface area is 179 Å². The molecule has 154 valence electrons. The normalized spacial score (nSPS) is 16.0. The minimum atomic E-state index is -0.389. The number of hydrogen-bond donors (Lipinski definition) is 2. The number of carbonyl (C=O) groups is 2. The van der Waals surface area contributed by atoms with Gasteiger partial charge < -0.3 is 20.1 Å². The zero-order valence-corrected chi connectivity index (χ0v) is 17.1. The van der Waals surface area contributed by atoms with Crippen molar-refractivity contribution >= 4 is 34.9 Å². The summed E-state index contributed by atoms with van der Waals surface area (Å²) in [4.78, 5) is 26.6. The largest absolute Gasteiger partial charge is 0.359 e. The first kappa shape index (κ1) is 20.0. The lowest BCUT2D eigenvalue weighted by Crippen LogP contribution is -2.34. The Morgan fingerprint density at radius 1 is 1.20 bits per heavy atom. The Kier molecular flexibility index (Phi) is 5.72. The molecule has 1 saturated heterocycles. The van der Waals surface area contributed by atoms with Crippen LogP contribution in [-0.2, 0) is 4.79 Å². The van der Waals surface area contributed by atoms with Crippen LogP contribution >= 0.6 is 11.6 Å². The van der Waals surface area contributed by atoms with E-state index in [1.54, 1.807) is 17.9 Å². The maximum absolute atomic E-state index is 12.5. The zero-order valence-electron chi connectivity index (χ0n) is 16.4. The maximum Gasteiger partial charge on any atom is 0.319 e. The molecule has 0 aliphatic carbocycles. The van der Waals surface area contributed by atoms with Crippen molar-refractivity contribution in [1.82, 2.24) is 10.5 Å². The van der Waals surface area contributed by atoms with Crippen LogP contribution in [0.15, 0.2) is 59.1 Å². The number of benzene rings is 2. The number of hydrogen-bond acceptors (Lipinski definition) is 4. The van der Waals surface area contributed by atoms with Gasteiger partial charge in [0.15, 0.2) is 5.76 Å². The van der Waals surface area contributed by atoms with Crippen molar-refractivity contribution in [2.75, 3.05) is 23.3 Å². The van der Waals surface area contributed by atoms with Crippen molar-refractivity contribution in [3.63, 3.8) is 0 Å². The van der Waals surface area contributed by atoms with Gasteiger partial charge in [-0.05, 0) is 25.1 Å². The van der Waals surface area contributed by atoms with Crippen LogP contribution in [0.25, 0.3) is 11.3 Å². The number of amides is 3. The van der Waals surface area contributed by atoms with Gasteiger partial charge in [-0.15, -0.1) is 0 Å². The van der Waals surface area contributed by atoms with Crippen LogP contribution in [0.3, 0.4) is 0 Å². The lowest BCUT2D eigenvalue weighted by molar-refractivity contribution is -0.117. The summed E-state index contributed by atoms with van der Waals surface area (Å²) in [5, 5.41) is 10.2. The fourth-order valence-corrected chi connectivity index (χ4v) is 3.75. The van der Waals surface area contributed by atoms with E-state index >= 15 is 0 Å². The van der Waals surface area contributed by atoms with Crippen molar-refractivity contribution in [3.8, 4) is 11.3 Å². The molecule has 2 aromatic carbocycles. The van der Waals surface area contributed by atoms with Crippen LogP contribution in [0, 0.1) is 12.8 Å². The van der Waals surface area contributed by atoms with Crippen molar-refractivity contribution in [1.29, 1.82) is 0 Å². The maximum atomic E-state index is 12.5. The van der Waals surface area contributed by atoms with E-state index in [1.165, 1.54) is 0 Å². The molecule has 2 N–H and O–H groups in total. The van der Waals surface area contributed by atoms with Crippen LogP contribution in [0.2, 0.25) is 5.02 Å². The molecule has 0 radical (unpaired) electrons. The Hall–Kier alpha value is -3.32. The molecular weight excluding hydrogens is 404 g/mol. The van der Waals surface area contributed by atoms with Crippen LogP contribution in [-0.4, -0.2) is 30.2 Å². The number of nitrogens with zero attached hydrogens (tertiary/aromatic N) is 2. The molecule has 4 rings (SSSR count). The van der Waals surface area contributed by atoms with Gasteiger partial charge in [0.1, 0.15) is 11.4 Å². The van der Waals surface area contributed by atoms with E-state index < -0.39 is 0 Å². The van der Waals surface area contributed by atoms with Gasteiger partial charge >= 0.3 is 6.03 Å². The second-order valence-corrected chi connectivity index (χ2v) is 7.59. The summed E-state index contributed by atoms with van der Waals surface area (Å²) in [6.45, 7) is 2.67. The fraction of sp³-hybridized carbons (Fsp3) is 0.227. The molecule has 30 heavy (non-hydrogen) atoms. The van der Waals surface area contributed by atoms with Gasteiger partial charge in [0.05, 0.1) is 5.02 Å². The molecule has 3 aromatic rings. The number of carbonyl (C=O) groups excluding carboxylic acids is 2. The standard InChI is InChI=1S/C22H21ClN4O3/c1-14-20(21(26-30-14)17-9-5-6-10-18(17)23)25-22(29)24-12-15-11-19(28)27(13-15)16-7-3-2-4-8-16/h2-10,15H,11-13H2,1H3,(H2,24,25,29). The number of rotatable bonds is 5. The number of aryl methyl sites for hydroxylation is 1. The summed E-state index contributed by atoms with van der Waals surface area (Å²) in [6.07, 6.45) is 0.395. The second kappa shape index (κ2) is 8.59. The average molecular weight is 425 g/mol. The van der Waals surface area contributed by atoms with E-state index in [4.69, 9.17) is 16.1 Å². The molecule has 1 unspecified atom stereocenters. The van der Waals surface area contributed by atoms with Crippen molar-refractivity contribution in [2.45, 2.75) is 13.3 Å². The third kappa shape index (κ3) is 4.16. The SMILES string of the molecule is Cc1onc(-c2ccccc2Cl)c1NC(=O)NCC1CC(=O)N(c2ccccc2)C1. The molecule has 3 amide bonds. The minimum absolute atomic E-state index is 0.0371.